The van der Waals surface area contributed by atoms with Crippen molar-refractivity contribution in [3.05, 3.63) is 88.5 Å². The zero-order chi connectivity index (χ0) is 24.2. The molecule has 0 radical (unpaired) electrons. The number of benzene rings is 3. The van der Waals surface area contributed by atoms with Gasteiger partial charge in [-0.15, -0.1) is 0 Å². The van der Waals surface area contributed by atoms with E-state index in [2.05, 4.69) is 98.4 Å². The minimum atomic E-state index is -0.333. The van der Waals surface area contributed by atoms with Crippen LogP contribution in [0.2, 0.25) is 0 Å². The van der Waals surface area contributed by atoms with Crippen LogP contribution in [0.25, 0.3) is 11.1 Å². The van der Waals surface area contributed by atoms with Gasteiger partial charge in [0.25, 0.3) is 0 Å². The van der Waals surface area contributed by atoms with Crippen molar-refractivity contribution in [2.24, 2.45) is 0 Å². The first-order valence-electron chi connectivity index (χ1n) is 12.3. The molecule has 1 aliphatic carbocycles. The van der Waals surface area contributed by atoms with Crippen LogP contribution in [0.1, 0.15) is 34.7 Å². The molecular formula is C30H32N2O3. The summed E-state index contributed by atoms with van der Waals surface area (Å²) < 4.78 is 17.5. The van der Waals surface area contributed by atoms with E-state index in [1.54, 1.807) is 0 Å². The smallest absolute Gasteiger partial charge is 0.231 e. The maximum absolute atomic E-state index is 5.85. The van der Waals surface area contributed by atoms with Gasteiger partial charge in [0.15, 0.2) is 11.5 Å². The fourth-order valence-electron chi connectivity index (χ4n) is 5.78. The number of aryl methyl sites for hydroxylation is 1. The molecule has 5 nitrogen and oxygen atoms in total. The second-order valence-electron chi connectivity index (χ2n) is 9.98. The van der Waals surface area contributed by atoms with Crippen molar-refractivity contribution in [1.82, 2.24) is 4.90 Å². The first-order chi connectivity index (χ1) is 17.0. The Kier molecular flexibility index (Phi) is 5.35. The summed E-state index contributed by atoms with van der Waals surface area (Å²) in [4.78, 5) is 4.72. The van der Waals surface area contributed by atoms with E-state index >= 15 is 0 Å². The van der Waals surface area contributed by atoms with E-state index in [4.69, 9.17) is 14.2 Å². The zero-order valence-electron chi connectivity index (χ0n) is 20.9. The molecule has 5 heteroatoms. The molecule has 0 aromatic heterocycles. The highest BCUT2D eigenvalue weighted by Gasteiger charge is 2.48. The number of nitrogens with zero attached hydrogens (tertiary/aromatic N) is 2. The van der Waals surface area contributed by atoms with E-state index in [-0.39, 0.29) is 12.3 Å². The van der Waals surface area contributed by atoms with Gasteiger partial charge in [0.05, 0.1) is 18.8 Å². The lowest BCUT2D eigenvalue weighted by Gasteiger charge is -2.43. The lowest BCUT2D eigenvalue weighted by atomic mass is 9.81. The van der Waals surface area contributed by atoms with Crippen LogP contribution in [0.4, 0.5) is 5.69 Å². The Labute approximate surface area is 207 Å². The predicted octanol–water partition coefficient (Wildman–Crippen LogP) is 5.31. The predicted molar refractivity (Wildman–Crippen MR) is 140 cm³/mol. The van der Waals surface area contributed by atoms with Crippen molar-refractivity contribution >= 4 is 16.8 Å². The van der Waals surface area contributed by atoms with Gasteiger partial charge in [0, 0.05) is 32.9 Å². The lowest BCUT2D eigenvalue weighted by molar-refractivity contribution is 0.00191. The molecule has 3 aliphatic rings. The Morgan fingerprint density at radius 2 is 1.46 bits per heavy atom. The van der Waals surface area contributed by atoms with Gasteiger partial charge in [-0.3, -0.25) is 4.90 Å². The zero-order valence-corrected chi connectivity index (χ0v) is 20.9. The molecular weight excluding hydrogens is 436 g/mol. The number of anilines is 1. The second kappa shape index (κ2) is 8.43. The number of rotatable bonds is 4. The Balaban J connectivity index is 1.65. The summed E-state index contributed by atoms with van der Waals surface area (Å²) in [5.41, 5.74) is 9.65. The molecule has 3 aromatic carbocycles. The van der Waals surface area contributed by atoms with Crippen molar-refractivity contribution in [1.29, 1.82) is 0 Å². The average molecular weight is 469 g/mol. The maximum atomic E-state index is 5.85. The molecule has 180 valence electrons. The van der Waals surface area contributed by atoms with Crippen molar-refractivity contribution in [3.63, 3.8) is 0 Å². The van der Waals surface area contributed by atoms with Gasteiger partial charge in [0.1, 0.15) is 0 Å². The maximum Gasteiger partial charge on any atom is 0.231 e. The molecule has 1 unspecified atom stereocenters. The highest BCUT2D eigenvalue weighted by molar-refractivity contribution is 6.07. The summed E-state index contributed by atoms with van der Waals surface area (Å²) in [7, 11) is 4.16. The largest absolute Gasteiger partial charge is 0.454 e. The standard InChI is InChI=1S/C30H32N2O3/c1-20-5-7-21(8-6-20)28-24-17-26-27(35-19-34-26)18-25(24)30(2,32-13-15-33-16-14-32)29(28)22-9-11-23(12-10-22)31(3)4/h5-12,17-18H,13-16,19H2,1-4H3. The monoisotopic (exact) mass is 468 g/mol. The topological polar surface area (TPSA) is 34.2 Å². The van der Waals surface area contributed by atoms with Crippen LogP contribution in [0.3, 0.4) is 0 Å². The van der Waals surface area contributed by atoms with Crippen LogP contribution in [-0.4, -0.2) is 52.1 Å². The first kappa shape index (κ1) is 22.2. The Morgan fingerprint density at radius 1 is 0.829 bits per heavy atom. The number of ether oxygens (including phenoxy) is 3. The van der Waals surface area contributed by atoms with Crippen molar-refractivity contribution in [2.45, 2.75) is 19.4 Å². The molecule has 0 N–H and O–H groups in total. The van der Waals surface area contributed by atoms with Gasteiger partial charge < -0.3 is 19.1 Å². The van der Waals surface area contributed by atoms with Crippen molar-refractivity contribution < 1.29 is 14.2 Å². The van der Waals surface area contributed by atoms with Crippen LogP contribution in [-0.2, 0) is 10.3 Å². The summed E-state index contributed by atoms with van der Waals surface area (Å²) in [5.74, 6) is 1.65. The van der Waals surface area contributed by atoms with E-state index in [1.807, 2.05) is 0 Å². The van der Waals surface area contributed by atoms with Gasteiger partial charge in [0.2, 0.25) is 6.79 Å². The van der Waals surface area contributed by atoms with E-state index in [0.29, 0.717) is 0 Å². The van der Waals surface area contributed by atoms with Gasteiger partial charge in [-0.1, -0.05) is 42.0 Å². The molecule has 3 aromatic rings. The molecule has 6 rings (SSSR count). The fourth-order valence-corrected chi connectivity index (χ4v) is 5.78. The third-order valence-corrected chi connectivity index (χ3v) is 7.70. The average Bonchev–Trinajstić information content (AvgIpc) is 3.44. The summed E-state index contributed by atoms with van der Waals surface area (Å²) in [6.45, 7) is 8.02. The number of morpholine rings is 1. The SMILES string of the molecule is Cc1ccc(C2=C(c3ccc(N(C)C)cc3)C(C)(N3CCOCC3)c3cc4c(cc32)OCO4)cc1. The summed E-state index contributed by atoms with van der Waals surface area (Å²) in [6, 6.07) is 22.3. The van der Waals surface area contributed by atoms with E-state index < -0.39 is 0 Å². The Bertz CT molecular complexity index is 1290. The van der Waals surface area contributed by atoms with E-state index in [1.165, 1.54) is 44.7 Å². The first-order valence-corrected chi connectivity index (χ1v) is 12.3. The van der Waals surface area contributed by atoms with Crippen LogP contribution < -0.4 is 14.4 Å². The molecule has 35 heavy (non-hydrogen) atoms. The highest BCUT2D eigenvalue weighted by Crippen LogP contribution is 2.57. The third kappa shape index (κ3) is 3.53. The normalized spacial score (nSPS) is 21.4. The number of fused-ring (bicyclic) bond motifs is 2. The van der Waals surface area contributed by atoms with Gasteiger partial charge >= 0.3 is 0 Å². The minimum absolute atomic E-state index is 0.273. The van der Waals surface area contributed by atoms with Crippen molar-refractivity contribution in [3.8, 4) is 11.5 Å². The van der Waals surface area contributed by atoms with E-state index in [0.717, 1.165) is 37.8 Å². The van der Waals surface area contributed by atoms with Crippen LogP contribution in [0, 0.1) is 6.92 Å². The highest BCUT2D eigenvalue weighted by atomic mass is 16.7. The van der Waals surface area contributed by atoms with Crippen LogP contribution in [0.5, 0.6) is 11.5 Å². The quantitative estimate of drug-likeness (QED) is 0.518. The molecule has 1 atom stereocenters. The summed E-state index contributed by atoms with van der Waals surface area (Å²) in [5, 5.41) is 0. The molecule has 1 saturated heterocycles. The molecule has 0 spiro atoms. The third-order valence-electron chi connectivity index (χ3n) is 7.70. The minimum Gasteiger partial charge on any atom is -0.454 e. The van der Waals surface area contributed by atoms with Crippen LogP contribution in [0.15, 0.2) is 60.7 Å². The molecule has 0 bridgehead atoms. The molecule has 1 fully saturated rings. The van der Waals surface area contributed by atoms with E-state index in [9.17, 15) is 0 Å². The second-order valence-corrected chi connectivity index (χ2v) is 9.98. The lowest BCUT2D eigenvalue weighted by Crippen LogP contribution is -2.49. The molecule has 0 saturated carbocycles. The summed E-state index contributed by atoms with van der Waals surface area (Å²) in [6.07, 6.45) is 0. The van der Waals surface area contributed by atoms with Gasteiger partial charge in [-0.2, -0.15) is 0 Å². The fraction of sp³-hybridized carbons (Fsp3) is 0.333. The Morgan fingerprint density at radius 3 is 2.11 bits per heavy atom. The molecule has 2 aliphatic heterocycles. The molecule has 0 amide bonds. The molecule has 2 heterocycles. The van der Waals surface area contributed by atoms with Gasteiger partial charge in [-0.25, -0.2) is 0 Å². The Hall–Kier alpha value is -3.28. The number of hydrogen-bond acceptors (Lipinski definition) is 5. The van der Waals surface area contributed by atoms with Gasteiger partial charge in [-0.05, 0) is 71.5 Å². The van der Waals surface area contributed by atoms with Crippen LogP contribution >= 0.6 is 0 Å². The van der Waals surface area contributed by atoms with Crippen molar-refractivity contribution in [2.75, 3.05) is 52.1 Å². The number of hydrogen-bond donors (Lipinski definition) is 0. The summed E-state index contributed by atoms with van der Waals surface area (Å²) >= 11 is 0.